The average molecular weight is 459 g/mol. The maximum atomic E-state index is 14.0. The minimum Gasteiger partial charge on any atom is -0.497 e. The fourth-order valence-electron chi connectivity index (χ4n) is 5.69. The summed E-state index contributed by atoms with van der Waals surface area (Å²) in [4.78, 5) is 20.8. The summed E-state index contributed by atoms with van der Waals surface area (Å²) in [6.45, 7) is 2.92. The van der Waals surface area contributed by atoms with Crippen LogP contribution in [0.2, 0.25) is 0 Å². The molecule has 2 aliphatic rings. The number of nitrogens with zero attached hydrogens (tertiary/aromatic N) is 2. The zero-order valence-electron chi connectivity index (χ0n) is 20.0. The fraction of sp³-hybridized carbons (Fsp3) is 0.448. The van der Waals surface area contributed by atoms with E-state index in [2.05, 4.69) is 46.3 Å². The van der Waals surface area contributed by atoms with Crippen LogP contribution < -0.4 is 4.74 Å². The molecule has 0 saturated carbocycles. The maximum Gasteiger partial charge on any atom is 0.233 e. The van der Waals surface area contributed by atoms with Crippen molar-refractivity contribution in [3.63, 3.8) is 0 Å². The predicted octanol–water partition coefficient (Wildman–Crippen LogP) is 5.16. The SMILES string of the molecule is COc1ccc(C2(C(=O)N3CCC[C@@H](Cc4cnc5ccccc5c4)CC3)CCOCC2)cc1. The lowest BCUT2D eigenvalue weighted by Crippen LogP contribution is -2.50. The van der Waals surface area contributed by atoms with E-state index in [1.54, 1.807) is 7.11 Å². The van der Waals surface area contributed by atoms with Crippen molar-refractivity contribution >= 4 is 16.8 Å². The summed E-state index contributed by atoms with van der Waals surface area (Å²) in [7, 11) is 1.67. The van der Waals surface area contributed by atoms with Crippen molar-refractivity contribution in [2.45, 2.75) is 43.9 Å². The predicted molar refractivity (Wildman–Crippen MR) is 134 cm³/mol. The van der Waals surface area contributed by atoms with Crippen LogP contribution in [0.4, 0.5) is 0 Å². The van der Waals surface area contributed by atoms with Crippen molar-refractivity contribution in [3.05, 3.63) is 71.9 Å². The Morgan fingerprint density at radius 1 is 1.09 bits per heavy atom. The van der Waals surface area contributed by atoms with Crippen LogP contribution >= 0.6 is 0 Å². The first kappa shape index (κ1) is 22.9. The number of fused-ring (bicyclic) bond motifs is 1. The number of likely N-dealkylation sites (tertiary alicyclic amines) is 1. The Balaban J connectivity index is 1.29. The van der Waals surface area contributed by atoms with Crippen LogP contribution in [0.3, 0.4) is 0 Å². The second-order valence-electron chi connectivity index (χ2n) is 9.75. The molecule has 0 radical (unpaired) electrons. The first-order valence-electron chi connectivity index (χ1n) is 12.5. The highest BCUT2D eigenvalue weighted by atomic mass is 16.5. The van der Waals surface area contributed by atoms with Gasteiger partial charge in [0.15, 0.2) is 0 Å². The number of para-hydroxylation sites is 1. The molecule has 2 saturated heterocycles. The molecule has 0 bridgehead atoms. The van der Waals surface area contributed by atoms with Gasteiger partial charge >= 0.3 is 0 Å². The minimum atomic E-state index is -0.493. The van der Waals surface area contributed by atoms with Crippen molar-refractivity contribution in [1.82, 2.24) is 9.88 Å². The molecule has 3 aromatic rings. The van der Waals surface area contributed by atoms with Crippen molar-refractivity contribution in [2.24, 2.45) is 5.92 Å². The monoisotopic (exact) mass is 458 g/mol. The average Bonchev–Trinajstić information content (AvgIpc) is 3.14. The van der Waals surface area contributed by atoms with E-state index in [1.807, 2.05) is 24.4 Å². The number of amides is 1. The quantitative estimate of drug-likeness (QED) is 0.530. The van der Waals surface area contributed by atoms with Crippen LogP contribution in [0.15, 0.2) is 60.8 Å². The maximum absolute atomic E-state index is 14.0. The molecule has 0 aliphatic carbocycles. The molecule has 5 nitrogen and oxygen atoms in total. The van der Waals surface area contributed by atoms with Gasteiger partial charge in [-0.1, -0.05) is 30.3 Å². The van der Waals surface area contributed by atoms with Crippen molar-refractivity contribution in [1.29, 1.82) is 0 Å². The highest BCUT2D eigenvalue weighted by molar-refractivity contribution is 5.88. The topological polar surface area (TPSA) is 51.7 Å². The van der Waals surface area contributed by atoms with Gasteiger partial charge < -0.3 is 14.4 Å². The van der Waals surface area contributed by atoms with E-state index in [9.17, 15) is 4.79 Å². The molecule has 1 atom stereocenters. The molecule has 3 heterocycles. The number of methoxy groups -OCH3 is 1. The van der Waals surface area contributed by atoms with Gasteiger partial charge in [0.2, 0.25) is 5.91 Å². The third-order valence-corrected chi connectivity index (χ3v) is 7.70. The van der Waals surface area contributed by atoms with Crippen LogP contribution in [0.25, 0.3) is 10.9 Å². The van der Waals surface area contributed by atoms with Crippen LogP contribution in [-0.2, 0) is 21.4 Å². The van der Waals surface area contributed by atoms with Gasteiger partial charge in [0.1, 0.15) is 5.75 Å². The summed E-state index contributed by atoms with van der Waals surface area (Å²) in [6.07, 6.45) is 7.76. The zero-order chi connectivity index (χ0) is 23.4. The molecule has 5 rings (SSSR count). The highest BCUT2D eigenvalue weighted by Gasteiger charge is 2.44. The van der Waals surface area contributed by atoms with Gasteiger partial charge in [0.25, 0.3) is 0 Å². The number of carbonyl (C=O) groups is 1. The Bertz CT molecular complexity index is 1120. The second kappa shape index (κ2) is 10.1. The van der Waals surface area contributed by atoms with Crippen LogP contribution in [0, 0.1) is 5.92 Å². The van der Waals surface area contributed by atoms with E-state index < -0.39 is 5.41 Å². The smallest absolute Gasteiger partial charge is 0.233 e. The Morgan fingerprint density at radius 3 is 2.68 bits per heavy atom. The van der Waals surface area contributed by atoms with Gasteiger partial charge in [-0.3, -0.25) is 9.78 Å². The number of ether oxygens (including phenoxy) is 2. The standard InChI is InChI=1S/C29H34N2O3/c1-33-26-10-8-25(9-11-26)29(13-17-34-18-14-29)28(32)31-15-4-5-22(12-16-31)19-23-20-24-6-2-3-7-27(24)30-21-23/h2-3,6-11,20-22H,4-5,12-19H2,1H3/t22-/m1/s1. The summed E-state index contributed by atoms with van der Waals surface area (Å²) in [5, 5.41) is 1.20. The molecular formula is C29H34N2O3. The molecule has 0 unspecified atom stereocenters. The zero-order valence-corrected chi connectivity index (χ0v) is 20.0. The summed E-state index contributed by atoms with van der Waals surface area (Å²) in [5.41, 5.74) is 2.93. The van der Waals surface area contributed by atoms with E-state index in [0.29, 0.717) is 19.1 Å². The van der Waals surface area contributed by atoms with E-state index in [0.717, 1.165) is 68.4 Å². The van der Waals surface area contributed by atoms with Gasteiger partial charge in [0.05, 0.1) is 18.0 Å². The lowest BCUT2D eigenvalue weighted by Gasteiger charge is -2.40. The van der Waals surface area contributed by atoms with E-state index in [-0.39, 0.29) is 5.91 Å². The van der Waals surface area contributed by atoms with Crippen molar-refractivity contribution < 1.29 is 14.3 Å². The Kier molecular flexibility index (Phi) is 6.82. The van der Waals surface area contributed by atoms with Crippen LogP contribution in [0.1, 0.15) is 43.2 Å². The van der Waals surface area contributed by atoms with E-state index >= 15 is 0 Å². The fourth-order valence-corrected chi connectivity index (χ4v) is 5.69. The summed E-state index contributed by atoms with van der Waals surface area (Å²) in [5.74, 6) is 1.67. The Labute approximate surface area is 202 Å². The van der Waals surface area contributed by atoms with E-state index in [1.165, 1.54) is 10.9 Å². The van der Waals surface area contributed by atoms with Gasteiger partial charge in [-0.2, -0.15) is 0 Å². The Hall–Kier alpha value is -2.92. The van der Waals surface area contributed by atoms with Crippen LogP contribution in [-0.4, -0.2) is 49.2 Å². The molecule has 5 heteroatoms. The molecule has 178 valence electrons. The lowest BCUT2D eigenvalue weighted by molar-refractivity contribution is -0.141. The molecule has 34 heavy (non-hydrogen) atoms. The number of rotatable bonds is 5. The van der Waals surface area contributed by atoms with Crippen molar-refractivity contribution in [3.8, 4) is 5.75 Å². The minimum absolute atomic E-state index is 0.272. The number of pyridine rings is 1. The number of hydrogen-bond donors (Lipinski definition) is 0. The Morgan fingerprint density at radius 2 is 1.88 bits per heavy atom. The number of hydrogen-bond acceptors (Lipinski definition) is 4. The second-order valence-corrected chi connectivity index (χ2v) is 9.75. The largest absolute Gasteiger partial charge is 0.497 e. The normalized spacial score (nSPS) is 20.6. The number of benzene rings is 2. The van der Waals surface area contributed by atoms with Gasteiger partial charge in [0, 0.05) is 37.9 Å². The number of aromatic nitrogens is 1. The number of carbonyl (C=O) groups excluding carboxylic acids is 1. The summed E-state index contributed by atoms with van der Waals surface area (Å²) < 4.78 is 11.0. The molecule has 2 fully saturated rings. The van der Waals surface area contributed by atoms with Crippen LogP contribution in [0.5, 0.6) is 5.75 Å². The molecule has 1 amide bonds. The summed E-state index contributed by atoms with van der Waals surface area (Å²) >= 11 is 0. The van der Waals surface area contributed by atoms with Gasteiger partial charge in [-0.05, 0) is 79.8 Å². The third kappa shape index (κ3) is 4.67. The molecular weight excluding hydrogens is 424 g/mol. The molecule has 1 aromatic heterocycles. The van der Waals surface area contributed by atoms with Gasteiger partial charge in [-0.15, -0.1) is 0 Å². The molecule has 0 spiro atoms. The lowest BCUT2D eigenvalue weighted by atomic mass is 9.73. The first-order chi connectivity index (χ1) is 16.7. The van der Waals surface area contributed by atoms with E-state index in [4.69, 9.17) is 9.47 Å². The third-order valence-electron chi connectivity index (χ3n) is 7.70. The first-order valence-corrected chi connectivity index (χ1v) is 12.5. The summed E-state index contributed by atoms with van der Waals surface area (Å²) in [6, 6.07) is 18.6. The molecule has 2 aliphatic heterocycles. The molecule has 2 aromatic carbocycles. The van der Waals surface area contributed by atoms with Crippen molar-refractivity contribution in [2.75, 3.05) is 33.4 Å². The highest BCUT2D eigenvalue weighted by Crippen LogP contribution is 2.38. The van der Waals surface area contributed by atoms with Gasteiger partial charge in [-0.25, -0.2) is 0 Å². The molecule has 0 N–H and O–H groups in total.